The summed E-state index contributed by atoms with van der Waals surface area (Å²) in [5.74, 6) is 0.381. The molecular weight excluding hydrogens is 530 g/mol. The number of pyridine rings is 1. The van der Waals surface area contributed by atoms with Crippen molar-refractivity contribution < 1.29 is 23.0 Å². The first-order valence-corrected chi connectivity index (χ1v) is 13.3. The molecule has 12 heteroatoms. The molecule has 1 N–H and O–H groups in total. The number of aromatic nitrogens is 3. The van der Waals surface area contributed by atoms with Gasteiger partial charge in [-0.15, -0.1) is 0 Å². The van der Waals surface area contributed by atoms with Crippen LogP contribution in [-0.4, -0.2) is 69.0 Å². The molecule has 39 heavy (non-hydrogen) atoms. The lowest BCUT2D eigenvalue weighted by atomic mass is 10.2. The Morgan fingerprint density at radius 2 is 1.97 bits per heavy atom. The van der Waals surface area contributed by atoms with Gasteiger partial charge in [-0.05, 0) is 64.3 Å². The van der Waals surface area contributed by atoms with Gasteiger partial charge >= 0.3 is 6.09 Å². The van der Waals surface area contributed by atoms with Crippen LogP contribution < -0.4 is 15.0 Å². The Morgan fingerprint density at radius 3 is 2.67 bits per heavy atom. The van der Waals surface area contributed by atoms with E-state index in [1.165, 1.54) is 18.5 Å². The molecule has 3 fully saturated rings. The Balaban J connectivity index is 1.21. The molecule has 2 saturated heterocycles. The fourth-order valence-corrected chi connectivity index (χ4v) is 5.25. The lowest BCUT2D eigenvalue weighted by Crippen LogP contribution is -2.50. The molecular formula is C27H29ClF2N6O3. The van der Waals surface area contributed by atoms with Crippen LogP contribution in [-0.2, 0) is 4.74 Å². The van der Waals surface area contributed by atoms with Crippen LogP contribution in [0.15, 0.2) is 30.6 Å². The molecule has 9 nitrogen and oxygen atoms in total. The van der Waals surface area contributed by atoms with E-state index in [0.29, 0.717) is 42.8 Å². The van der Waals surface area contributed by atoms with Crippen molar-refractivity contribution in [3.05, 3.63) is 41.4 Å². The smallest absolute Gasteiger partial charge is 0.410 e. The molecule has 3 aromatic rings. The van der Waals surface area contributed by atoms with Crippen molar-refractivity contribution in [2.75, 3.05) is 29.9 Å². The molecule has 3 aliphatic rings. The third-order valence-corrected chi connectivity index (χ3v) is 7.56. The maximum Gasteiger partial charge on any atom is 0.410 e. The number of benzene rings is 1. The number of alkyl halides is 1. The molecule has 206 valence electrons. The minimum absolute atomic E-state index is 0.0381. The number of piperazine rings is 1. The van der Waals surface area contributed by atoms with Crippen molar-refractivity contribution in [1.29, 1.82) is 0 Å². The SMILES string of the molecule is CC(C)(C)OC(=O)N1C[C@@H]2C[C@H]1CN2c1ccc2ncnc(Nc3ccc(OCC4(F)CC4)c(Cl)c3F)c2n1. The maximum atomic E-state index is 15.1. The van der Waals surface area contributed by atoms with Crippen LogP contribution in [0.4, 0.5) is 30.9 Å². The molecule has 1 aromatic carbocycles. The van der Waals surface area contributed by atoms with Gasteiger partial charge in [-0.3, -0.25) is 0 Å². The van der Waals surface area contributed by atoms with E-state index in [1.807, 2.05) is 32.9 Å². The number of fused-ring (bicyclic) bond motifs is 3. The highest BCUT2D eigenvalue weighted by atomic mass is 35.5. The highest BCUT2D eigenvalue weighted by Crippen LogP contribution is 2.42. The van der Waals surface area contributed by atoms with Crippen molar-refractivity contribution >= 4 is 46.1 Å². The Kier molecular flexibility index (Phi) is 6.16. The standard InChI is InChI=1S/C27H29ClF2N6O3/c1-26(2,3)39-25(37)36-12-15-10-16(36)11-35(15)20-7-5-18-23(34-20)24(32-14-31-18)33-17-4-6-19(21(28)22(17)29)38-13-27(30)8-9-27/h4-7,14-16H,8-13H2,1-3H3,(H,31,32,33)/t15-,16-/m0/s1. The summed E-state index contributed by atoms with van der Waals surface area (Å²) in [7, 11) is 0. The zero-order valence-corrected chi connectivity index (χ0v) is 22.6. The molecule has 0 radical (unpaired) electrons. The van der Waals surface area contributed by atoms with E-state index in [4.69, 9.17) is 26.1 Å². The number of ether oxygens (including phenoxy) is 2. The van der Waals surface area contributed by atoms with Crippen LogP contribution in [0.5, 0.6) is 5.75 Å². The number of hydrogen-bond donors (Lipinski definition) is 1. The Bertz CT molecular complexity index is 1450. The second-order valence-electron chi connectivity index (χ2n) is 11.4. The van der Waals surface area contributed by atoms with Crippen LogP contribution in [0.25, 0.3) is 11.0 Å². The van der Waals surface area contributed by atoms with Gasteiger partial charge in [0.1, 0.15) is 46.3 Å². The number of amides is 1. The van der Waals surface area contributed by atoms with Crippen molar-refractivity contribution in [1.82, 2.24) is 19.9 Å². The normalized spacial score (nSPS) is 21.4. The minimum Gasteiger partial charge on any atom is -0.489 e. The van der Waals surface area contributed by atoms with Crippen LogP contribution >= 0.6 is 11.6 Å². The average molecular weight is 559 g/mol. The van der Waals surface area contributed by atoms with Crippen LogP contribution in [0.3, 0.4) is 0 Å². The van der Waals surface area contributed by atoms with E-state index in [0.717, 1.165) is 12.2 Å². The lowest BCUT2D eigenvalue weighted by Gasteiger charge is -2.35. The zero-order chi connectivity index (χ0) is 27.5. The third-order valence-electron chi connectivity index (χ3n) is 7.21. The van der Waals surface area contributed by atoms with E-state index >= 15 is 4.39 Å². The lowest BCUT2D eigenvalue weighted by molar-refractivity contribution is 0.0214. The number of rotatable bonds is 6. The van der Waals surface area contributed by atoms with E-state index in [1.54, 1.807) is 4.90 Å². The summed E-state index contributed by atoms with van der Waals surface area (Å²) in [6, 6.07) is 6.84. The largest absolute Gasteiger partial charge is 0.489 e. The monoisotopic (exact) mass is 558 g/mol. The highest BCUT2D eigenvalue weighted by molar-refractivity contribution is 6.32. The summed E-state index contributed by atoms with van der Waals surface area (Å²) in [6.45, 7) is 6.60. The van der Waals surface area contributed by atoms with Gasteiger partial charge in [-0.25, -0.2) is 28.5 Å². The highest BCUT2D eigenvalue weighted by Gasteiger charge is 2.47. The number of halogens is 3. The van der Waals surface area contributed by atoms with Gasteiger partial charge in [0.05, 0.1) is 23.3 Å². The molecule has 2 aliphatic heterocycles. The average Bonchev–Trinajstić information content (AvgIpc) is 3.29. The molecule has 4 heterocycles. The fourth-order valence-electron chi connectivity index (χ4n) is 5.03. The number of anilines is 3. The van der Waals surface area contributed by atoms with Crippen molar-refractivity contribution in [2.45, 2.75) is 63.4 Å². The van der Waals surface area contributed by atoms with Crippen molar-refractivity contribution in [3.8, 4) is 5.75 Å². The van der Waals surface area contributed by atoms with Gasteiger partial charge in [0.25, 0.3) is 0 Å². The van der Waals surface area contributed by atoms with Crippen LogP contribution in [0.2, 0.25) is 5.02 Å². The third kappa shape index (κ3) is 5.11. The van der Waals surface area contributed by atoms with Crippen molar-refractivity contribution in [2.24, 2.45) is 0 Å². The van der Waals surface area contributed by atoms with Gasteiger partial charge in [0, 0.05) is 13.1 Å². The second-order valence-corrected chi connectivity index (χ2v) is 11.8. The number of nitrogens with one attached hydrogen (secondary N) is 1. The Labute approximate surface area is 229 Å². The van der Waals surface area contributed by atoms with Crippen LogP contribution in [0, 0.1) is 5.82 Å². The Morgan fingerprint density at radius 1 is 1.18 bits per heavy atom. The van der Waals surface area contributed by atoms with Gasteiger partial charge in [0.15, 0.2) is 11.6 Å². The van der Waals surface area contributed by atoms with E-state index in [2.05, 4.69) is 20.2 Å². The number of likely N-dealkylation sites (tertiary alicyclic amines) is 1. The number of carbonyl (C=O) groups is 1. The van der Waals surface area contributed by atoms with Gasteiger partial charge in [0.2, 0.25) is 0 Å². The molecule has 1 amide bonds. The Hall–Kier alpha value is -3.47. The van der Waals surface area contributed by atoms with Gasteiger partial charge in [-0.2, -0.15) is 0 Å². The molecule has 0 spiro atoms. The first-order valence-electron chi connectivity index (χ1n) is 12.9. The first kappa shape index (κ1) is 25.8. The summed E-state index contributed by atoms with van der Waals surface area (Å²) in [5, 5.41) is 2.74. The summed E-state index contributed by atoms with van der Waals surface area (Å²) in [5.41, 5.74) is -0.768. The molecule has 2 atom stereocenters. The maximum absolute atomic E-state index is 15.1. The van der Waals surface area contributed by atoms with E-state index < -0.39 is 17.1 Å². The second kappa shape index (κ2) is 9.32. The fraction of sp³-hybridized carbons (Fsp3) is 0.481. The number of nitrogens with zero attached hydrogens (tertiary/aromatic N) is 5. The predicted molar refractivity (Wildman–Crippen MR) is 143 cm³/mol. The number of hydrogen-bond acceptors (Lipinski definition) is 8. The van der Waals surface area contributed by atoms with E-state index in [9.17, 15) is 9.18 Å². The quantitative estimate of drug-likeness (QED) is 0.415. The zero-order valence-electron chi connectivity index (χ0n) is 21.9. The molecule has 1 saturated carbocycles. The number of carbonyl (C=O) groups excluding carboxylic acids is 1. The summed E-state index contributed by atoms with van der Waals surface area (Å²) >= 11 is 6.19. The molecule has 1 aliphatic carbocycles. The topological polar surface area (TPSA) is 92.7 Å². The minimum atomic E-state index is -1.34. The van der Waals surface area contributed by atoms with Crippen molar-refractivity contribution in [3.63, 3.8) is 0 Å². The summed E-state index contributed by atoms with van der Waals surface area (Å²) in [6.07, 6.45) is 2.77. The first-order chi connectivity index (χ1) is 18.5. The molecule has 6 rings (SSSR count). The molecule has 2 bridgehead atoms. The predicted octanol–water partition coefficient (Wildman–Crippen LogP) is 5.64. The van der Waals surface area contributed by atoms with Gasteiger partial charge in [-0.1, -0.05) is 11.6 Å². The summed E-state index contributed by atoms with van der Waals surface area (Å²) < 4.78 is 40.0. The van der Waals surface area contributed by atoms with Crippen LogP contribution in [0.1, 0.15) is 40.0 Å². The summed E-state index contributed by atoms with van der Waals surface area (Å²) in [4.78, 5) is 30.0. The molecule has 0 unspecified atom stereocenters. The van der Waals surface area contributed by atoms with E-state index in [-0.39, 0.29) is 41.2 Å². The van der Waals surface area contributed by atoms with Gasteiger partial charge < -0.3 is 24.6 Å². The molecule has 2 aromatic heterocycles.